The van der Waals surface area contributed by atoms with Crippen molar-refractivity contribution in [3.8, 4) is 0 Å². The van der Waals surface area contributed by atoms with Crippen LogP contribution in [0.5, 0.6) is 0 Å². The third-order valence-corrected chi connectivity index (χ3v) is 4.99. The molecule has 100 valence electrons. The van der Waals surface area contributed by atoms with Crippen molar-refractivity contribution in [2.24, 2.45) is 17.8 Å². The average molecular weight is 252 g/mol. The van der Waals surface area contributed by atoms with Crippen molar-refractivity contribution in [1.29, 1.82) is 0 Å². The van der Waals surface area contributed by atoms with Gasteiger partial charge in [-0.15, -0.1) is 0 Å². The Morgan fingerprint density at radius 2 is 2.06 bits per heavy atom. The molecule has 0 aromatic carbocycles. The Kier molecular flexibility index (Phi) is 2.58. The highest BCUT2D eigenvalue weighted by atomic mass is 16.6. The Bertz CT molecular complexity index is 405. The molecular weight excluding hydrogens is 232 g/mol. The third kappa shape index (κ3) is 1.55. The quantitative estimate of drug-likeness (QED) is 0.568. The lowest BCUT2D eigenvalue weighted by atomic mass is 9.51. The molecule has 4 fully saturated rings. The van der Waals surface area contributed by atoms with Gasteiger partial charge >= 0.3 is 5.97 Å². The summed E-state index contributed by atoms with van der Waals surface area (Å²) in [5.41, 5.74) is -0.412. The highest BCUT2D eigenvalue weighted by Crippen LogP contribution is 2.57. The van der Waals surface area contributed by atoms with Gasteiger partial charge in [0, 0.05) is 11.5 Å². The maximum atomic E-state index is 11.8. The normalized spacial score (nSPS) is 49.2. The molecule has 0 radical (unpaired) electrons. The van der Waals surface area contributed by atoms with E-state index in [4.69, 9.17) is 4.74 Å². The first-order valence-corrected chi connectivity index (χ1v) is 6.68. The minimum Gasteiger partial charge on any atom is -0.453 e. The molecule has 6 unspecified atom stereocenters. The summed E-state index contributed by atoms with van der Waals surface area (Å²) in [6.07, 6.45) is 1.99. The number of hydrogen-bond donors (Lipinski definition) is 2. The van der Waals surface area contributed by atoms with Crippen LogP contribution in [-0.2, 0) is 9.53 Å². The number of aliphatic hydroxyl groups excluding tert-OH is 2. The molecule has 4 aliphatic carbocycles. The number of carbonyl (C=O) groups excluding carboxylic acids is 1. The Labute approximate surface area is 107 Å². The van der Waals surface area contributed by atoms with Crippen LogP contribution in [0.4, 0.5) is 0 Å². The summed E-state index contributed by atoms with van der Waals surface area (Å²) in [6, 6.07) is 0. The average Bonchev–Trinajstić information content (AvgIpc) is 2.30. The number of hydrogen-bond acceptors (Lipinski definition) is 4. The van der Waals surface area contributed by atoms with E-state index in [1.165, 1.54) is 0 Å². The lowest BCUT2D eigenvalue weighted by Gasteiger charge is -2.60. The van der Waals surface area contributed by atoms with Gasteiger partial charge < -0.3 is 14.9 Å². The summed E-state index contributed by atoms with van der Waals surface area (Å²) in [4.78, 5) is 11.8. The zero-order valence-electron chi connectivity index (χ0n) is 10.6. The van der Waals surface area contributed by atoms with Gasteiger partial charge in [0.1, 0.15) is 5.60 Å². The minimum absolute atomic E-state index is 0.130. The Balaban J connectivity index is 1.88. The summed E-state index contributed by atoms with van der Waals surface area (Å²) >= 11 is 0. The van der Waals surface area contributed by atoms with E-state index >= 15 is 0 Å². The van der Waals surface area contributed by atoms with Gasteiger partial charge in [-0.1, -0.05) is 6.58 Å². The summed E-state index contributed by atoms with van der Waals surface area (Å²) in [7, 11) is 0. The predicted octanol–water partition coefficient (Wildman–Crippen LogP) is 1.02. The lowest BCUT2D eigenvalue weighted by Crippen LogP contribution is -2.66. The second-order valence-corrected chi connectivity index (χ2v) is 6.34. The predicted molar refractivity (Wildman–Crippen MR) is 64.6 cm³/mol. The van der Waals surface area contributed by atoms with Gasteiger partial charge in [0.05, 0.1) is 12.2 Å². The van der Waals surface area contributed by atoms with E-state index in [0.29, 0.717) is 17.9 Å². The molecule has 0 amide bonds. The molecule has 4 nitrogen and oxygen atoms in total. The van der Waals surface area contributed by atoms with E-state index < -0.39 is 23.8 Å². The molecule has 2 N–H and O–H groups in total. The van der Waals surface area contributed by atoms with Gasteiger partial charge in [-0.05, 0) is 44.4 Å². The molecule has 6 atom stereocenters. The van der Waals surface area contributed by atoms with Crippen LogP contribution in [0.2, 0.25) is 0 Å². The fraction of sp³-hybridized carbons (Fsp3) is 0.786. The standard InChI is InChI=1S/C14H20O4/c1-7(2)13(17)18-14-5-8-3-9(6-14)11(15)10(4-8)12(14)16/h8-12,15-16H,1,3-6H2,2H3. The van der Waals surface area contributed by atoms with Crippen molar-refractivity contribution in [2.75, 3.05) is 0 Å². The lowest BCUT2D eigenvalue weighted by molar-refractivity contribution is -0.251. The van der Waals surface area contributed by atoms with E-state index in [2.05, 4.69) is 6.58 Å². The molecule has 4 saturated carbocycles. The molecule has 4 aliphatic rings. The van der Waals surface area contributed by atoms with Crippen LogP contribution in [0.3, 0.4) is 0 Å². The van der Waals surface area contributed by atoms with Crippen LogP contribution in [0.15, 0.2) is 12.2 Å². The highest BCUT2D eigenvalue weighted by molar-refractivity contribution is 5.87. The highest BCUT2D eigenvalue weighted by Gasteiger charge is 2.62. The van der Waals surface area contributed by atoms with Crippen LogP contribution in [-0.4, -0.2) is 34.0 Å². The molecule has 4 rings (SSSR count). The van der Waals surface area contributed by atoms with Gasteiger partial charge in [0.25, 0.3) is 0 Å². The zero-order chi connectivity index (χ0) is 13.1. The molecule has 0 aromatic rings. The summed E-state index contributed by atoms with van der Waals surface area (Å²) in [5.74, 6) is 0.0851. The van der Waals surface area contributed by atoms with Crippen molar-refractivity contribution in [3.63, 3.8) is 0 Å². The van der Waals surface area contributed by atoms with Gasteiger partial charge in [-0.25, -0.2) is 4.79 Å². The van der Waals surface area contributed by atoms with Crippen LogP contribution in [0, 0.1) is 17.8 Å². The number of ether oxygens (including phenoxy) is 1. The van der Waals surface area contributed by atoms with E-state index in [-0.39, 0.29) is 11.8 Å². The molecule has 0 saturated heterocycles. The first kappa shape index (κ1) is 12.2. The van der Waals surface area contributed by atoms with Crippen molar-refractivity contribution < 1.29 is 19.7 Å². The van der Waals surface area contributed by atoms with Crippen molar-refractivity contribution in [3.05, 3.63) is 12.2 Å². The molecule has 18 heavy (non-hydrogen) atoms. The second-order valence-electron chi connectivity index (χ2n) is 6.34. The largest absolute Gasteiger partial charge is 0.453 e. The van der Waals surface area contributed by atoms with Crippen molar-refractivity contribution in [2.45, 2.75) is 50.4 Å². The number of rotatable bonds is 2. The molecule has 4 bridgehead atoms. The molecule has 0 aliphatic heterocycles. The molecular formula is C14H20O4. The smallest absolute Gasteiger partial charge is 0.333 e. The monoisotopic (exact) mass is 252 g/mol. The van der Waals surface area contributed by atoms with Crippen molar-refractivity contribution >= 4 is 5.97 Å². The number of esters is 1. The summed E-state index contributed by atoms with van der Waals surface area (Å²) < 4.78 is 5.57. The van der Waals surface area contributed by atoms with Crippen molar-refractivity contribution in [1.82, 2.24) is 0 Å². The minimum atomic E-state index is -0.772. The van der Waals surface area contributed by atoms with E-state index in [9.17, 15) is 15.0 Å². The summed E-state index contributed by atoms with van der Waals surface area (Å²) in [5, 5.41) is 20.5. The number of aliphatic hydroxyl groups is 2. The van der Waals surface area contributed by atoms with Crippen LogP contribution in [0.25, 0.3) is 0 Å². The third-order valence-electron chi connectivity index (χ3n) is 4.99. The van der Waals surface area contributed by atoms with Gasteiger partial charge in [0.2, 0.25) is 0 Å². The second kappa shape index (κ2) is 3.81. The molecule has 0 spiro atoms. The Morgan fingerprint density at radius 1 is 1.33 bits per heavy atom. The van der Waals surface area contributed by atoms with E-state index in [0.717, 1.165) is 19.3 Å². The maximum absolute atomic E-state index is 11.8. The SMILES string of the molecule is C=C(C)C(=O)OC12CC3CC(C1)C(O)C(C3)C2O. The molecule has 4 heteroatoms. The van der Waals surface area contributed by atoms with Crippen LogP contribution >= 0.6 is 0 Å². The maximum Gasteiger partial charge on any atom is 0.333 e. The fourth-order valence-electron chi connectivity index (χ4n) is 4.29. The van der Waals surface area contributed by atoms with Gasteiger partial charge in [-0.2, -0.15) is 0 Å². The summed E-state index contributed by atoms with van der Waals surface area (Å²) in [6.45, 7) is 5.20. The number of carbonyl (C=O) groups is 1. The fourth-order valence-corrected chi connectivity index (χ4v) is 4.29. The Hall–Kier alpha value is -0.870. The Morgan fingerprint density at radius 3 is 2.72 bits per heavy atom. The van der Waals surface area contributed by atoms with Crippen LogP contribution < -0.4 is 0 Å². The topological polar surface area (TPSA) is 66.8 Å². The van der Waals surface area contributed by atoms with E-state index in [1.54, 1.807) is 6.92 Å². The van der Waals surface area contributed by atoms with Gasteiger partial charge in [-0.3, -0.25) is 0 Å². The van der Waals surface area contributed by atoms with E-state index in [1.807, 2.05) is 0 Å². The molecule has 0 aromatic heterocycles. The molecule has 0 heterocycles. The first-order chi connectivity index (χ1) is 8.43. The van der Waals surface area contributed by atoms with Gasteiger partial charge in [0.15, 0.2) is 0 Å². The van der Waals surface area contributed by atoms with Crippen LogP contribution in [0.1, 0.15) is 32.6 Å². The zero-order valence-corrected chi connectivity index (χ0v) is 10.6. The first-order valence-electron chi connectivity index (χ1n) is 6.68.